The predicted molar refractivity (Wildman–Crippen MR) is 52.2 cm³/mol. The summed E-state index contributed by atoms with van der Waals surface area (Å²) in [5, 5.41) is 8.67. The van der Waals surface area contributed by atoms with Gasteiger partial charge in [0.2, 0.25) is 0 Å². The van der Waals surface area contributed by atoms with E-state index in [-0.39, 0.29) is 22.3 Å². The van der Waals surface area contributed by atoms with E-state index in [4.69, 9.17) is 5.26 Å². The number of alkyl halides is 2. The Morgan fingerprint density at radius 1 is 1.50 bits per heavy atom. The molecule has 0 aliphatic heterocycles. The summed E-state index contributed by atoms with van der Waals surface area (Å²) < 4.78 is 29.7. The first kappa shape index (κ1) is 12.1. The average molecular weight is 225 g/mol. The number of carbonyl (C=O) groups is 1. The molecule has 0 radical (unpaired) electrons. The summed E-state index contributed by atoms with van der Waals surface area (Å²) in [6.45, 7) is 1.40. The minimum Gasteiger partial charge on any atom is -0.465 e. The summed E-state index contributed by atoms with van der Waals surface area (Å²) in [5.41, 5.74) is -0.168. The van der Waals surface area contributed by atoms with Gasteiger partial charge in [-0.3, -0.25) is 0 Å². The molecule has 0 amide bonds. The molecular formula is C11H9F2NO2. The normalized spacial score (nSPS) is 10.0. The Morgan fingerprint density at radius 3 is 2.56 bits per heavy atom. The van der Waals surface area contributed by atoms with Gasteiger partial charge in [-0.15, -0.1) is 0 Å². The van der Waals surface area contributed by atoms with E-state index in [9.17, 15) is 13.6 Å². The van der Waals surface area contributed by atoms with Crippen LogP contribution in [0.4, 0.5) is 8.78 Å². The van der Waals surface area contributed by atoms with Crippen molar-refractivity contribution in [2.75, 3.05) is 7.11 Å². The van der Waals surface area contributed by atoms with Crippen LogP contribution in [0.15, 0.2) is 12.1 Å². The molecule has 0 heterocycles. The first-order valence-electron chi connectivity index (χ1n) is 4.42. The number of carbonyl (C=O) groups excluding carboxylic acids is 1. The second kappa shape index (κ2) is 4.71. The number of rotatable bonds is 2. The monoisotopic (exact) mass is 225 g/mol. The van der Waals surface area contributed by atoms with Gasteiger partial charge in [0, 0.05) is 5.56 Å². The summed E-state index contributed by atoms with van der Waals surface area (Å²) in [6, 6.07) is 4.05. The first-order valence-corrected chi connectivity index (χ1v) is 4.42. The smallest absolute Gasteiger partial charge is 0.338 e. The third-order valence-electron chi connectivity index (χ3n) is 2.22. The number of nitrogens with zero attached hydrogens (tertiary/aromatic N) is 1. The van der Waals surface area contributed by atoms with Crippen molar-refractivity contribution >= 4 is 5.97 Å². The molecule has 84 valence electrons. The van der Waals surface area contributed by atoms with E-state index in [0.717, 1.165) is 13.2 Å². The van der Waals surface area contributed by atoms with Gasteiger partial charge in [-0.1, -0.05) is 0 Å². The van der Waals surface area contributed by atoms with Crippen molar-refractivity contribution in [3.8, 4) is 6.07 Å². The molecule has 0 saturated carbocycles. The fraction of sp³-hybridized carbons (Fsp3) is 0.273. The highest BCUT2D eigenvalue weighted by atomic mass is 19.3. The predicted octanol–water partition coefficient (Wildman–Crippen LogP) is 2.59. The standard InChI is InChI=1S/C11H9F2NO2/c1-6-8(10(12)13)3-7(5-14)4-9(6)11(15)16-2/h3-4,10H,1-2H3. The van der Waals surface area contributed by atoms with Gasteiger partial charge in [0.15, 0.2) is 0 Å². The molecule has 0 spiro atoms. The Balaban J connectivity index is 3.44. The number of halogens is 2. The fourth-order valence-electron chi connectivity index (χ4n) is 1.35. The Hall–Kier alpha value is -1.96. The molecule has 1 aromatic rings. The lowest BCUT2D eigenvalue weighted by molar-refractivity contribution is 0.0599. The van der Waals surface area contributed by atoms with Gasteiger partial charge in [0.1, 0.15) is 0 Å². The van der Waals surface area contributed by atoms with Crippen LogP contribution in [0, 0.1) is 18.3 Å². The van der Waals surface area contributed by atoms with Crippen molar-refractivity contribution in [3.05, 3.63) is 34.4 Å². The quantitative estimate of drug-likeness (QED) is 0.727. The van der Waals surface area contributed by atoms with Crippen LogP contribution in [0.25, 0.3) is 0 Å². The molecule has 0 fully saturated rings. The number of hydrogen-bond acceptors (Lipinski definition) is 3. The third-order valence-corrected chi connectivity index (χ3v) is 2.22. The van der Waals surface area contributed by atoms with E-state index < -0.39 is 12.4 Å². The molecule has 1 rings (SSSR count). The van der Waals surface area contributed by atoms with Crippen LogP contribution >= 0.6 is 0 Å². The topological polar surface area (TPSA) is 50.1 Å². The van der Waals surface area contributed by atoms with Crippen LogP contribution in [0.1, 0.15) is 33.5 Å². The maximum absolute atomic E-state index is 12.6. The van der Waals surface area contributed by atoms with Crippen LogP contribution < -0.4 is 0 Å². The zero-order chi connectivity index (χ0) is 12.3. The summed E-state index contributed by atoms with van der Waals surface area (Å²) in [5.74, 6) is -0.725. The van der Waals surface area contributed by atoms with E-state index in [1.165, 1.54) is 13.0 Å². The lowest BCUT2D eigenvalue weighted by Crippen LogP contribution is -2.07. The summed E-state index contributed by atoms with van der Waals surface area (Å²) in [4.78, 5) is 11.3. The number of hydrogen-bond donors (Lipinski definition) is 0. The second-order valence-electron chi connectivity index (χ2n) is 3.14. The van der Waals surface area contributed by atoms with Crippen molar-refractivity contribution in [2.24, 2.45) is 0 Å². The number of benzene rings is 1. The molecule has 1 aromatic carbocycles. The van der Waals surface area contributed by atoms with Crippen LogP contribution in [-0.2, 0) is 4.74 Å². The van der Waals surface area contributed by atoms with Crippen LogP contribution in [-0.4, -0.2) is 13.1 Å². The third kappa shape index (κ3) is 2.16. The van der Waals surface area contributed by atoms with E-state index in [2.05, 4.69) is 4.74 Å². The highest BCUT2D eigenvalue weighted by Crippen LogP contribution is 2.26. The molecule has 16 heavy (non-hydrogen) atoms. The van der Waals surface area contributed by atoms with Gasteiger partial charge >= 0.3 is 5.97 Å². The van der Waals surface area contributed by atoms with Gasteiger partial charge in [-0.05, 0) is 24.6 Å². The van der Waals surface area contributed by atoms with E-state index in [1.807, 2.05) is 0 Å². The van der Waals surface area contributed by atoms with Crippen LogP contribution in [0.5, 0.6) is 0 Å². The summed E-state index contributed by atoms with van der Waals surface area (Å²) >= 11 is 0. The molecule has 0 N–H and O–H groups in total. The van der Waals surface area contributed by atoms with Crippen molar-refractivity contribution in [3.63, 3.8) is 0 Å². The molecule has 0 aliphatic carbocycles. The van der Waals surface area contributed by atoms with Gasteiger partial charge in [0.05, 0.1) is 24.3 Å². The van der Waals surface area contributed by atoms with Crippen LogP contribution in [0.3, 0.4) is 0 Å². The molecule has 3 nitrogen and oxygen atoms in total. The Labute approximate surface area is 91.3 Å². The Morgan fingerprint density at radius 2 is 2.12 bits per heavy atom. The summed E-state index contributed by atoms with van der Waals surface area (Å²) in [6.07, 6.45) is -2.73. The maximum Gasteiger partial charge on any atom is 0.338 e. The number of methoxy groups -OCH3 is 1. The van der Waals surface area contributed by atoms with E-state index >= 15 is 0 Å². The summed E-state index contributed by atoms with van der Waals surface area (Å²) in [7, 11) is 1.16. The zero-order valence-corrected chi connectivity index (χ0v) is 8.75. The maximum atomic E-state index is 12.6. The fourth-order valence-corrected chi connectivity index (χ4v) is 1.35. The van der Waals surface area contributed by atoms with Gasteiger partial charge < -0.3 is 4.74 Å². The molecular weight excluding hydrogens is 216 g/mol. The van der Waals surface area contributed by atoms with Crippen molar-refractivity contribution in [2.45, 2.75) is 13.3 Å². The second-order valence-corrected chi connectivity index (χ2v) is 3.14. The van der Waals surface area contributed by atoms with Crippen molar-refractivity contribution in [1.29, 1.82) is 5.26 Å². The molecule has 0 atom stereocenters. The SMILES string of the molecule is COC(=O)c1cc(C#N)cc(C(F)F)c1C. The average Bonchev–Trinajstić information content (AvgIpc) is 2.28. The number of esters is 1. The molecule has 0 aliphatic rings. The molecule has 5 heteroatoms. The van der Waals surface area contributed by atoms with Gasteiger partial charge in [-0.2, -0.15) is 5.26 Å². The molecule has 0 saturated heterocycles. The zero-order valence-electron chi connectivity index (χ0n) is 8.75. The minimum absolute atomic E-state index is 0.00292. The first-order chi connectivity index (χ1) is 7.51. The molecule has 0 unspecified atom stereocenters. The van der Waals surface area contributed by atoms with Gasteiger partial charge in [-0.25, -0.2) is 13.6 Å². The van der Waals surface area contributed by atoms with E-state index in [1.54, 1.807) is 6.07 Å². The largest absolute Gasteiger partial charge is 0.465 e. The molecule has 0 bridgehead atoms. The van der Waals surface area contributed by atoms with Crippen molar-refractivity contribution in [1.82, 2.24) is 0 Å². The minimum atomic E-state index is -2.73. The lowest BCUT2D eigenvalue weighted by atomic mass is 9.99. The highest BCUT2D eigenvalue weighted by Gasteiger charge is 2.19. The number of ether oxygens (including phenoxy) is 1. The van der Waals surface area contributed by atoms with E-state index in [0.29, 0.717) is 0 Å². The molecule has 0 aromatic heterocycles. The lowest BCUT2D eigenvalue weighted by Gasteiger charge is -2.09. The van der Waals surface area contributed by atoms with Crippen molar-refractivity contribution < 1.29 is 18.3 Å². The number of nitriles is 1. The Kier molecular flexibility index (Phi) is 3.56. The highest BCUT2D eigenvalue weighted by molar-refractivity contribution is 5.91. The van der Waals surface area contributed by atoms with Gasteiger partial charge in [0.25, 0.3) is 6.43 Å². The van der Waals surface area contributed by atoms with Crippen LogP contribution in [0.2, 0.25) is 0 Å². The Bertz CT molecular complexity index is 464.